The summed E-state index contributed by atoms with van der Waals surface area (Å²) in [7, 11) is -7.27. The zero-order chi connectivity index (χ0) is 21.4. The Kier molecular flexibility index (Phi) is 6.05. The molecule has 1 heterocycles. The molecule has 0 amide bonds. The molecule has 9 heteroatoms. The predicted octanol–water partition coefficient (Wildman–Crippen LogP) is 3.65. The second-order valence-electron chi connectivity index (χ2n) is 6.60. The summed E-state index contributed by atoms with van der Waals surface area (Å²) in [6, 6.07) is 9.39. The minimum Gasteiger partial charge on any atom is -0.456 e. The van der Waals surface area contributed by atoms with E-state index in [1.165, 1.54) is 20.7 Å². The summed E-state index contributed by atoms with van der Waals surface area (Å²) in [5.41, 5.74) is 1.02. The zero-order valence-electron chi connectivity index (χ0n) is 17.0. The molecule has 0 atom stereocenters. The summed E-state index contributed by atoms with van der Waals surface area (Å²) in [6.07, 6.45) is 0. The minimum absolute atomic E-state index is 0.161. The van der Waals surface area contributed by atoms with Gasteiger partial charge in [0.05, 0.1) is 9.79 Å². The molecule has 1 aromatic heterocycles. The van der Waals surface area contributed by atoms with Gasteiger partial charge in [-0.3, -0.25) is 0 Å². The molecule has 0 bridgehead atoms. The van der Waals surface area contributed by atoms with Gasteiger partial charge in [0.25, 0.3) is 0 Å². The molecule has 0 radical (unpaired) electrons. The van der Waals surface area contributed by atoms with Crippen LogP contribution in [-0.2, 0) is 20.0 Å². The summed E-state index contributed by atoms with van der Waals surface area (Å²) in [5.74, 6) is 0. The van der Waals surface area contributed by atoms with Crippen LogP contribution in [0.2, 0.25) is 0 Å². The van der Waals surface area contributed by atoms with Gasteiger partial charge in [-0.2, -0.15) is 8.61 Å². The highest BCUT2D eigenvalue weighted by Gasteiger charge is 2.25. The van der Waals surface area contributed by atoms with Crippen molar-refractivity contribution in [1.29, 1.82) is 0 Å². The van der Waals surface area contributed by atoms with Crippen molar-refractivity contribution in [3.05, 3.63) is 36.4 Å². The number of furan rings is 1. The SMILES string of the molecule is CCN(CC)S(=O)(=O)c1ccc2oc3ccc(S(=O)(=O)N(CC)CC)cc3c2c1. The van der Waals surface area contributed by atoms with Gasteiger partial charge in [-0.05, 0) is 36.4 Å². The molecule has 7 nitrogen and oxygen atoms in total. The lowest BCUT2D eigenvalue weighted by Gasteiger charge is -2.18. The number of benzene rings is 2. The summed E-state index contributed by atoms with van der Waals surface area (Å²) < 4.78 is 60.1. The van der Waals surface area contributed by atoms with E-state index in [4.69, 9.17) is 4.42 Å². The Hall–Kier alpha value is -1.94. The predicted molar refractivity (Wildman–Crippen MR) is 114 cm³/mol. The van der Waals surface area contributed by atoms with E-state index in [2.05, 4.69) is 0 Å². The van der Waals surface area contributed by atoms with E-state index < -0.39 is 20.0 Å². The van der Waals surface area contributed by atoms with Crippen molar-refractivity contribution in [3.8, 4) is 0 Å². The Labute approximate surface area is 172 Å². The Bertz CT molecular complexity index is 1140. The fourth-order valence-corrected chi connectivity index (χ4v) is 6.45. The first kappa shape index (κ1) is 21.8. The third kappa shape index (κ3) is 3.68. The molecule has 158 valence electrons. The second kappa shape index (κ2) is 8.06. The van der Waals surface area contributed by atoms with Crippen molar-refractivity contribution in [2.75, 3.05) is 26.2 Å². The number of rotatable bonds is 8. The molecule has 0 spiro atoms. The van der Waals surface area contributed by atoms with Crippen LogP contribution in [0.25, 0.3) is 21.9 Å². The normalized spacial score (nSPS) is 13.2. The smallest absolute Gasteiger partial charge is 0.243 e. The van der Waals surface area contributed by atoms with Gasteiger partial charge < -0.3 is 4.42 Å². The van der Waals surface area contributed by atoms with Crippen LogP contribution in [0, 0.1) is 0 Å². The van der Waals surface area contributed by atoms with Crippen LogP contribution in [0.5, 0.6) is 0 Å². The maximum atomic E-state index is 12.9. The van der Waals surface area contributed by atoms with E-state index >= 15 is 0 Å². The monoisotopic (exact) mass is 438 g/mol. The molecule has 2 aromatic carbocycles. The van der Waals surface area contributed by atoms with Crippen LogP contribution in [0.15, 0.2) is 50.6 Å². The van der Waals surface area contributed by atoms with Crippen LogP contribution in [0.4, 0.5) is 0 Å². The van der Waals surface area contributed by atoms with E-state index in [1.807, 2.05) is 0 Å². The molecule has 0 saturated carbocycles. The highest BCUT2D eigenvalue weighted by atomic mass is 32.2. The van der Waals surface area contributed by atoms with Crippen molar-refractivity contribution in [3.63, 3.8) is 0 Å². The Morgan fingerprint density at radius 1 is 0.655 bits per heavy atom. The fraction of sp³-hybridized carbons (Fsp3) is 0.400. The molecule has 3 aromatic rings. The topological polar surface area (TPSA) is 87.9 Å². The van der Waals surface area contributed by atoms with Gasteiger partial charge in [0.1, 0.15) is 11.2 Å². The highest BCUT2D eigenvalue weighted by molar-refractivity contribution is 7.89. The Morgan fingerprint density at radius 2 is 1.00 bits per heavy atom. The lowest BCUT2D eigenvalue weighted by atomic mass is 10.1. The molecule has 0 aliphatic carbocycles. The molecule has 0 aliphatic heterocycles. The molecule has 0 N–H and O–H groups in total. The summed E-state index contributed by atoms with van der Waals surface area (Å²) in [4.78, 5) is 0.321. The van der Waals surface area contributed by atoms with E-state index in [9.17, 15) is 16.8 Å². The lowest BCUT2D eigenvalue weighted by Crippen LogP contribution is -2.30. The standard InChI is InChI=1S/C20H26N2O5S2/c1-5-21(6-2)28(23,24)15-9-11-19-17(13-15)18-14-16(10-12-20(18)27-19)29(25,26)22(7-3)8-4/h9-14H,5-8H2,1-4H3. The molecule has 0 fully saturated rings. The Morgan fingerprint density at radius 3 is 1.31 bits per heavy atom. The first-order valence-corrected chi connectivity index (χ1v) is 12.5. The van der Waals surface area contributed by atoms with Gasteiger partial charge in [0.2, 0.25) is 20.0 Å². The molecular formula is C20H26N2O5S2. The molecule has 0 saturated heterocycles. The quantitative estimate of drug-likeness (QED) is 0.536. The van der Waals surface area contributed by atoms with Crippen molar-refractivity contribution < 1.29 is 21.3 Å². The van der Waals surface area contributed by atoms with E-state index in [0.29, 0.717) is 48.1 Å². The third-order valence-electron chi connectivity index (χ3n) is 5.10. The number of sulfonamides is 2. The van der Waals surface area contributed by atoms with Gasteiger partial charge >= 0.3 is 0 Å². The lowest BCUT2D eigenvalue weighted by molar-refractivity contribution is 0.444. The molecule has 0 unspecified atom stereocenters. The molecule has 29 heavy (non-hydrogen) atoms. The second-order valence-corrected chi connectivity index (χ2v) is 10.5. The van der Waals surface area contributed by atoms with Gasteiger partial charge in [0, 0.05) is 37.0 Å². The fourth-order valence-electron chi connectivity index (χ4n) is 3.48. The van der Waals surface area contributed by atoms with Gasteiger partial charge in [-0.15, -0.1) is 0 Å². The van der Waals surface area contributed by atoms with Crippen LogP contribution in [0.1, 0.15) is 27.7 Å². The molecule has 3 rings (SSSR count). The zero-order valence-corrected chi connectivity index (χ0v) is 18.7. The summed E-state index contributed by atoms with van der Waals surface area (Å²) >= 11 is 0. The van der Waals surface area contributed by atoms with Gasteiger partial charge in [0.15, 0.2) is 0 Å². The largest absolute Gasteiger partial charge is 0.456 e. The van der Waals surface area contributed by atoms with E-state index in [1.54, 1.807) is 52.0 Å². The highest BCUT2D eigenvalue weighted by Crippen LogP contribution is 2.33. The average Bonchev–Trinajstić information content (AvgIpc) is 3.06. The maximum Gasteiger partial charge on any atom is 0.243 e. The number of fused-ring (bicyclic) bond motifs is 3. The maximum absolute atomic E-state index is 12.9. The van der Waals surface area contributed by atoms with Crippen LogP contribution >= 0.6 is 0 Å². The van der Waals surface area contributed by atoms with Crippen molar-refractivity contribution in [2.45, 2.75) is 37.5 Å². The third-order valence-corrected chi connectivity index (χ3v) is 9.19. The first-order valence-electron chi connectivity index (χ1n) is 9.67. The van der Waals surface area contributed by atoms with Gasteiger partial charge in [-0.25, -0.2) is 16.8 Å². The van der Waals surface area contributed by atoms with Gasteiger partial charge in [-0.1, -0.05) is 27.7 Å². The summed E-state index contributed by atoms with van der Waals surface area (Å²) in [5, 5.41) is 1.15. The number of hydrogen-bond acceptors (Lipinski definition) is 5. The van der Waals surface area contributed by atoms with Crippen molar-refractivity contribution in [1.82, 2.24) is 8.61 Å². The van der Waals surface area contributed by atoms with E-state index in [0.717, 1.165) is 0 Å². The molecule has 0 aliphatic rings. The number of hydrogen-bond donors (Lipinski definition) is 0. The average molecular weight is 439 g/mol. The Balaban J connectivity index is 2.22. The number of nitrogens with zero attached hydrogens (tertiary/aromatic N) is 2. The van der Waals surface area contributed by atoms with Crippen LogP contribution in [-0.4, -0.2) is 51.6 Å². The first-order chi connectivity index (χ1) is 13.7. The summed E-state index contributed by atoms with van der Waals surface area (Å²) in [6.45, 7) is 8.64. The van der Waals surface area contributed by atoms with Crippen LogP contribution in [0.3, 0.4) is 0 Å². The van der Waals surface area contributed by atoms with Crippen LogP contribution < -0.4 is 0 Å². The van der Waals surface area contributed by atoms with E-state index in [-0.39, 0.29) is 9.79 Å². The van der Waals surface area contributed by atoms with Crippen molar-refractivity contribution >= 4 is 42.0 Å². The minimum atomic E-state index is -3.63. The molecular weight excluding hydrogens is 412 g/mol. The van der Waals surface area contributed by atoms with Crippen molar-refractivity contribution in [2.24, 2.45) is 0 Å².